The largest absolute Gasteiger partial charge is 0.467 e. The maximum absolute atomic E-state index is 12.9. The second kappa shape index (κ2) is 10.9. The number of aromatic nitrogens is 2. The van der Waals surface area contributed by atoms with Crippen LogP contribution < -0.4 is 15.4 Å². The van der Waals surface area contributed by atoms with Crippen LogP contribution in [0, 0.1) is 0 Å². The van der Waals surface area contributed by atoms with Crippen molar-refractivity contribution in [1.29, 1.82) is 0 Å². The van der Waals surface area contributed by atoms with Crippen molar-refractivity contribution in [2.45, 2.75) is 58.3 Å². The normalized spacial score (nSPS) is 12.5. The summed E-state index contributed by atoms with van der Waals surface area (Å²) in [6.07, 6.45) is 2.26. The van der Waals surface area contributed by atoms with Crippen molar-refractivity contribution >= 4 is 23.6 Å². The fourth-order valence-corrected chi connectivity index (χ4v) is 2.51. The Morgan fingerprint density at radius 2 is 1.88 bits per heavy atom. The van der Waals surface area contributed by atoms with Gasteiger partial charge in [0.05, 0.1) is 6.04 Å². The van der Waals surface area contributed by atoms with E-state index in [2.05, 4.69) is 25.3 Å². The van der Waals surface area contributed by atoms with Gasteiger partial charge in [0.2, 0.25) is 0 Å². The molecule has 0 saturated heterocycles. The highest BCUT2D eigenvalue weighted by molar-refractivity contribution is 5.93. The maximum Gasteiger partial charge on any atom is 0.413 e. The molecule has 2 amide bonds. The highest BCUT2D eigenvalue weighted by atomic mass is 16.6. The van der Waals surface area contributed by atoms with Gasteiger partial charge in [0.15, 0.2) is 12.4 Å². The van der Waals surface area contributed by atoms with Gasteiger partial charge < -0.3 is 24.1 Å². The zero-order chi connectivity index (χ0) is 24.6. The molecule has 0 aliphatic heterocycles. The average Bonchev–Trinajstić information content (AvgIpc) is 3.24. The van der Waals surface area contributed by atoms with Crippen molar-refractivity contribution in [3.05, 3.63) is 36.2 Å². The van der Waals surface area contributed by atoms with Gasteiger partial charge in [-0.2, -0.15) is 0 Å². The quantitative estimate of drug-likeness (QED) is 0.544. The van der Waals surface area contributed by atoms with E-state index >= 15 is 0 Å². The Labute approximate surface area is 192 Å². The lowest BCUT2D eigenvalue weighted by Gasteiger charge is -2.26. The van der Waals surface area contributed by atoms with Crippen molar-refractivity contribution in [2.75, 3.05) is 19.0 Å². The number of anilines is 1. The molecule has 33 heavy (non-hydrogen) atoms. The van der Waals surface area contributed by atoms with Crippen molar-refractivity contribution < 1.29 is 33.1 Å². The lowest BCUT2D eigenvalue weighted by molar-refractivity contribution is -0.142. The number of carbonyl (C=O) groups is 3. The van der Waals surface area contributed by atoms with E-state index in [1.165, 1.54) is 25.6 Å². The lowest BCUT2D eigenvalue weighted by Crippen LogP contribution is -2.52. The fraction of sp³-hybridized carbons (Fsp3) is 0.500. The minimum Gasteiger partial charge on any atom is -0.467 e. The maximum atomic E-state index is 12.9. The number of nitrogens with one attached hydrogen (secondary N) is 2. The van der Waals surface area contributed by atoms with Gasteiger partial charge in [-0.05, 0) is 57.5 Å². The summed E-state index contributed by atoms with van der Waals surface area (Å²) in [7, 11) is 1.40. The second-order valence-corrected chi connectivity index (χ2v) is 8.71. The summed E-state index contributed by atoms with van der Waals surface area (Å²) in [4.78, 5) is 41.6. The van der Waals surface area contributed by atoms with Gasteiger partial charge in [-0.3, -0.25) is 14.9 Å². The second-order valence-electron chi connectivity index (χ2n) is 8.71. The van der Waals surface area contributed by atoms with Gasteiger partial charge in [-0.25, -0.2) is 9.78 Å². The summed E-state index contributed by atoms with van der Waals surface area (Å²) >= 11 is 0. The minimum atomic E-state index is -1.15. The third-order valence-electron chi connectivity index (χ3n) is 4.42. The van der Waals surface area contributed by atoms with Gasteiger partial charge in [0.1, 0.15) is 23.3 Å². The van der Waals surface area contributed by atoms with E-state index < -0.39 is 35.0 Å². The number of ether oxygens (including phenoxy) is 3. The number of hydrogen-bond acceptors (Lipinski definition) is 9. The number of amides is 2. The van der Waals surface area contributed by atoms with Crippen LogP contribution in [0.5, 0.6) is 5.88 Å². The first-order chi connectivity index (χ1) is 15.4. The van der Waals surface area contributed by atoms with Crippen LogP contribution in [0.1, 0.15) is 40.2 Å². The van der Waals surface area contributed by atoms with Crippen LogP contribution in [0.3, 0.4) is 0 Å². The number of methoxy groups -OCH3 is 1. The van der Waals surface area contributed by atoms with Gasteiger partial charge in [-0.15, -0.1) is 0 Å². The minimum absolute atomic E-state index is 0.123. The van der Waals surface area contributed by atoms with Crippen LogP contribution >= 0.6 is 0 Å². The number of pyridine rings is 1. The van der Waals surface area contributed by atoms with Crippen LogP contribution in [-0.2, 0) is 25.5 Å². The SMILES string of the molecule is COC(C)(C)C(=O)NC(Cc1ccnc(NC(=O)OC(C)(C)C)c1)C(=O)COc1ccon1. The lowest BCUT2D eigenvalue weighted by atomic mass is 10.0. The van der Waals surface area contributed by atoms with Gasteiger partial charge in [0.25, 0.3) is 11.8 Å². The molecule has 0 aliphatic carbocycles. The molecule has 0 saturated carbocycles. The molecule has 11 nitrogen and oxygen atoms in total. The molecule has 2 aromatic heterocycles. The van der Waals surface area contributed by atoms with Crippen molar-refractivity contribution in [3.8, 4) is 5.88 Å². The van der Waals surface area contributed by atoms with E-state index in [0.717, 1.165) is 0 Å². The highest BCUT2D eigenvalue weighted by Gasteiger charge is 2.31. The van der Waals surface area contributed by atoms with Crippen molar-refractivity contribution in [3.63, 3.8) is 0 Å². The summed E-state index contributed by atoms with van der Waals surface area (Å²) in [5.74, 6) is -0.462. The molecule has 180 valence electrons. The molecular formula is C22H30N4O7. The number of Topliss-reactive ketones (excluding diaryl/α,β-unsaturated/α-hetero) is 1. The van der Waals surface area contributed by atoms with Crippen molar-refractivity contribution in [1.82, 2.24) is 15.5 Å². The summed E-state index contributed by atoms with van der Waals surface area (Å²) in [6.45, 7) is 8.09. The van der Waals surface area contributed by atoms with Crippen LogP contribution in [-0.4, -0.2) is 58.9 Å². The standard InChI is InChI=1S/C22H30N4O7/c1-21(2,3)33-20(29)25-17-12-14(7-9-23-17)11-15(24-19(28)22(4,5)30-6)16(27)13-31-18-8-10-32-26-18/h7-10,12,15H,11,13H2,1-6H3,(H,24,28)(H,23,25,29). The molecule has 0 bridgehead atoms. The molecule has 0 fully saturated rings. The van der Waals surface area contributed by atoms with Crippen LogP contribution in [0.25, 0.3) is 0 Å². The first kappa shape index (κ1) is 25.8. The summed E-state index contributed by atoms with van der Waals surface area (Å²) < 4.78 is 20.4. The van der Waals surface area contributed by atoms with Gasteiger partial charge in [0, 0.05) is 25.8 Å². The van der Waals surface area contributed by atoms with Crippen LogP contribution in [0.4, 0.5) is 10.6 Å². The Balaban J connectivity index is 2.14. The van der Waals surface area contributed by atoms with Crippen LogP contribution in [0.15, 0.2) is 35.2 Å². The Hall–Kier alpha value is -3.47. The van der Waals surface area contributed by atoms with Crippen LogP contribution in [0.2, 0.25) is 0 Å². The van der Waals surface area contributed by atoms with E-state index in [1.807, 2.05) is 0 Å². The first-order valence-electron chi connectivity index (χ1n) is 10.3. The van der Waals surface area contributed by atoms with Crippen molar-refractivity contribution in [2.24, 2.45) is 0 Å². The monoisotopic (exact) mass is 462 g/mol. The third-order valence-corrected chi connectivity index (χ3v) is 4.42. The Morgan fingerprint density at radius 3 is 2.48 bits per heavy atom. The smallest absolute Gasteiger partial charge is 0.413 e. The Bertz CT molecular complexity index is 952. The highest BCUT2D eigenvalue weighted by Crippen LogP contribution is 2.15. The first-order valence-corrected chi connectivity index (χ1v) is 10.3. The third kappa shape index (κ3) is 8.53. The molecule has 0 radical (unpaired) electrons. The van der Waals surface area contributed by atoms with E-state index in [9.17, 15) is 14.4 Å². The number of ketones is 1. The predicted molar refractivity (Wildman–Crippen MR) is 118 cm³/mol. The number of rotatable bonds is 10. The average molecular weight is 463 g/mol. The van der Waals surface area contributed by atoms with Gasteiger partial charge >= 0.3 is 6.09 Å². The predicted octanol–water partition coefficient (Wildman–Crippen LogP) is 2.52. The molecule has 1 unspecified atom stereocenters. The number of carbonyl (C=O) groups excluding carboxylic acids is 3. The molecule has 2 heterocycles. The van der Waals surface area contributed by atoms with E-state index in [0.29, 0.717) is 5.56 Å². The van der Waals surface area contributed by atoms with E-state index in [4.69, 9.17) is 14.2 Å². The van der Waals surface area contributed by atoms with E-state index in [1.54, 1.807) is 46.8 Å². The molecule has 0 aliphatic rings. The summed E-state index contributed by atoms with van der Waals surface area (Å²) in [5.41, 5.74) is -1.17. The molecule has 0 aromatic carbocycles. The molecule has 1 atom stereocenters. The van der Waals surface area contributed by atoms with E-state index in [-0.39, 0.29) is 24.7 Å². The fourth-order valence-electron chi connectivity index (χ4n) is 2.51. The number of hydrogen-bond donors (Lipinski definition) is 2. The zero-order valence-corrected chi connectivity index (χ0v) is 19.6. The molecule has 11 heteroatoms. The summed E-state index contributed by atoms with van der Waals surface area (Å²) in [5, 5.41) is 8.85. The summed E-state index contributed by atoms with van der Waals surface area (Å²) in [6, 6.07) is 3.80. The molecule has 0 spiro atoms. The Kier molecular flexibility index (Phi) is 8.52. The molecular weight excluding hydrogens is 432 g/mol. The number of nitrogens with zero attached hydrogens (tertiary/aromatic N) is 2. The topological polar surface area (TPSA) is 142 Å². The molecule has 2 rings (SSSR count). The zero-order valence-electron chi connectivity index (χ0n) is 19.6. The molecule has 2 N–H and O–H groups in total. The Morgan fingerprint density at radius 1 is 1.15 bits per heavy atom. The van der Waals surface area contributed by atoms with Gasteiger partial charge in [-0.1, -0.05) is 0 Å². The molecule has 2 aromatic rings.